The third-order valence-corrected chi connectivity index (χ3v) is 4.67. The average Bonchev–Trinajstić information content (AvgIpc) is 2.57. The molecule has 4 aliphatic heterocycles. The maximum Gasteiger partial charge on any atom is 0.302 e. The van der Waals surface area contributed by atoms with E-state index < -0.39 is 0 Å². The highest BCUT2D eigenvalue weighted by Gasteiger charge is 2.52. The number of carbonyl (C=O) groups is 1. The van der Waals surface area contributed by atoms with Gasteiger partial charge in [0.15, 0.2) is 0 Å². The lowest BCUT2D eigenvalue weighted by atomic mass is 9.69. The van der Waals surface area contributed by atoms with Crippen molar-refractivity contribution in [2.45, 2.75) is 13.3 Å². The molecule has 0 radical (unpaired) electrons. The van der Waals surface area contributed by atoms with E-state index in [1.54, 1.807) is 0 Å². The fourth-order valence-electron chi connectivity index (χ4n) is 3.97. The maximum absolute atomic E-state index is 10.9. The lowest BCUT2D eigenvalue weighted by Gasteiger charge is -2.49. The molecule has 4 bridgehead atoms. The molecule has 1 N–H and O–H groups in total. The number of nitrogens with zero attached hydrogens (tertiary/aromatic N) is 3. The normalized spacial score (nSPS) is 42.4. The summed E-state index contributed by atoms with van der Waals surface area (Å²) in [7, 11) is 0. The van der Waals surface area contributed by atoms with Gasteiger partial charge in [-0.2, -0.15) is 0 Å². The van der Waals surface area contributed by atoms with E-state index in [9.17, 15) is 10.0 Å². The van der Waals surface area contributed by atoms with Crippen molar-refractivity contribution in [1.82, 2.24) is 9.80 Å². The van der Waals surface area contributed by atoms with Gasteiger partial charge < -0.3 is 19.7 Å². The highest BCUT2D eigenvalue weighted by Crippen LogP contribution is 2.40. The molecule has 4 fully saturated rings. The first kappa shape index (κ1) is 12.9. The molecule has 106 valence electrons. The zero-order valence-corrected chi connectivity index (χ0v) is 11.3. The van der Waals surface area contributed by atoms with Crippen LogP contribution in [0.1, 0.15) is 13.3 Å². The molecule has 0 saturated carbocycles. The van der Waals surface area contributed by atoms with Crippen LogP contribution in [0.15, 0.2) is 5.16 Å². The lowest BCUT2D eigenvalue weighted by molar-refractivity contribution is -0.141. The van der Waals surface area contributed by atoms with E-state index in [-0.39, 0.29) is 11.4 Å². The Morgan fingerprint density at radius 2 is 2.05 bits per heavy atom. The number of carbonyl (C=O) groups excluding carboxylic acids is 1. The smallest absolute Gasteiger partial charge is 0.302 e. The predicted molar refractivity (Wildman–Crippen MR) is 69.3 cm³/mol. The van der Waals surface area contributed by atoms with Gasteiger partial charge in [0.25, 0.3) is 0 Å². The molecular formula is C13H21N3O3. The number of hydrogen-bond acceptors (Lipinski definition) is 6. The number of fused-ring (bicyclic) bond motifs is 1. The third kappa shape index (κ3) is 2.23. The minimum absolute atomic E-state index is 0.137. The Labute approximate surface area is 113 Å². The van der Waals surface area contributed by atoms with Crippen LogP contribution in [0.5, 0.6) is 0 Å². The van der Waals surface area contributed by atoms with E-state index in [1.165, 1.54) is 6.92 Å². The van der Waals surface area contributed by atoms with Crippen LogP contribution in [0.4, 0.5) is 0 Å². The number of oxime groups is 1. The van der Waals surface area contributed by atoms with Crippen LogP contribution in [0.2, 0.25) is 0 Å². The number of rotatable bonds is 3. The second kappa shape index (κ2) is 4.76. The Hall–Kier alpha value is -1.14. The van der Waals surface area contributed by atoms with Crippen molar-refractivity contribution in [3.05, 3.63) is 0 Å². The molecule has 0 aromatic heterocycles. The average molecular weight is 267 g/mol. The van der Waals surface area contributed by atoms with E-state index in [0.29, 0.717) is 12.5 Å². The van der Waals surface area contributed by atoms with Gasteiger partial charge in [-0.05, 0) is 6.42 Å². The van der Waals surface area contributed by atoms with Crippen molar-refractivity contribution in [3.63, 3.8) is 0 Å². The topological polar surface area (TPSA) is 65.4 Å². The fourth-order valence-corrected chi connectivity index (χ4v) is 3.97. The van der Waals surface area contributed by atoms with E-state index in [2.05, 4.69) is 15.0 Å². The van der Waals surface area contributed by atoms with Gasteiger partial charge in [-0.25, -0.2) is 0 Å². The maximum atomic E-state index is 10.9. The standard InChI is InChI=1S/C13H21N3O3/c1-10(17)19-5-2-13-8-15-3-4-16(9-13)7-11(6-15)12(13)14-18/h11,18H,2-9H2,1H3. The lowest BCUT2D eigenvalue weighted by Crippen LogP contribution is -2.61. The van der Waals surface area contributed by atoms with Gasteiger partial charge in [-0.15, -0.1) is 0 Å². The van der Waals surface area contributed by atoms with E-state index >= 15 is 0 Å². The van der Waals surface area contributed by atoms with Crippen LogP contribution < -0.4 is 0 Å². The van der Waals surface area contributed by atoms with Gasteiger partial charge in [0.1, 0.15) is 0 Å². The zero-order valence-electron chi connectivity index (χ0n) is 11.3. The summed E-state index contributed by atoms with van der Waals surface area (Å²) in [4.78, 5) is 15.8. The molecule has 0 spiro atoms. The van der Waals surface area contributed by atoms with Gasteiger partial charge in [-0.1, -0.05) is 5.16 Å². The van der Waals surface area contributed by atoms with Gasteiger partial charge in [0.05, 0.1) is 12.3 Å². The summed E-state index contributed by atoms with van der Waals surface area (Å²) < 4.78 is 5.10. The second-order valence-electron chi connectivity index (χ2n) is 6.02. The van der Waals surface area contributed by atoms with Crippen molar-refractivity contribution >= 4 is 11.7 Å². The number of hydrogen-bond donors (Lipinski definition) is 1. The molecule has 4 rings (SSSR count). The number of esters is 1. The SMILES string of the molecule is CC(=O)OCCC12CN3CCN(CC(C3)C1=NO)C2. The van der Waals surface area contributed by atoms with Crippen molar-refractivity contribution in [1.29, 1.82) is 0 Å². The summed E-state index contributed by atoms with van der Waals surface area (Å²) in [5.41, 5.74) is 0.788. The Balaban J connectivity index is 1.81. The Morgan fingerprint density at radius 1 is 1.42 bits per heavy atom. The van der Waals surface area contributed by atoms with Gasteiger partial charge in [0.2, 0.25) is 0 Å². The second-order valence-corrected chi connectivity index (χ2v) is 6.02. The van der Waals surface area contributed by atoms with Crippen LogP contribution in [0, 0.1) is 11.3 Å². The van der Waals surface area contributed by atoms with Crippen LogP contribution in [0.3, 0.4) is 0 Å². The zero-order chi connectivity index (χ0) is 13.5. The number of ether oxygens (including phenoxy) is 1. The van der Waals surface area contributed by atoms with Gasteiger partial charge in [-0.3, -0.25) is 4.79 Å². The molecule has 4 aliphatic rings. The van der Waals surface area contributed by atoms with E-state index in [0.717, 1.165) is 51.4 Å². The summed E-state index contributed by atoms with van der Waals surface area (Å²) in [5, 5.41) is 13.0. The quantitative estimate of drug-likeness (QED) is 0.443. The molecule has 0 amide bonds. The summed E-state index contributed by atoms with van der Waals surface area (Å²) in [5.74, 6) is 0.0815. The first-order valence-electron chi connectivity index (χ1n) is 6.93. The van der Waals surface area contributed by atoms with Gasteiger partial charge in [0, 0.05) is 57.5 Å². The van der Waals surface area contributed by atoms with Crippen molar-refractivity contribution in [3.8, 4) is 0 Å². The molecule has 4 saturated heterocycles. The highest BCUT2D eigenvalue weighted by atomic mass is 16.5. The van der Waals surface area contributed by atoms with Crippen molar-refractivity contribution in [2.75, 3.05) is 45.9 Å². The van der Waals surface area contributed by atoms with Crippen molar-refractivity contribution < 1.29 is 14.7 Å². The molecule has 0 aromatic carbocycles. The van der Waals surface area contributed by atoms with Gasteiger partial charge >= 0.3 is 5.97 Å². The molecule has 2 unspecified atom stereocenters. The first-order chi connectivity index (χ1) is 9.13. The third-order valence-electron chi connectivity index (χ3n) is 4.67. The largest absolute Gasteiger partial charge is 0.466 e. The molecule has 19 heavy (non-hydrogen) atoms. The summed E-state index contributed by atoms with van der Waals surface area (Å²) in [6.07, 6.45) is 0.746. The minimum atomic E-state index is -0.245. The molecular weight excluding hydrogens is 246 g/mol. The number of piperidine rings is 2. The minimum Gasteiger partial charge on any atom is -0.466 e. The van der Waals surface area contributed by atoms with Crippen LogP contribution in [-0.4, -0.2) is 72.6 Å². The molecule has 6 nitrogen and oxygen atoms in total. The molecule has 6 heteroatoms. The monoisotopic (exact) mass is 267 g/mol. The molecule has 2 atom stereocenters. The van der Waals surface area contributed by atoms with E-state index in [4.69, 9.17) is 4.74 Å². The fraction of sp³-hybridized carbons (Fsp3) is 0.846. The Morgan fingerprint density at radius 3 is 2.58 bits per heavy atom. The van der Waals surface area contributed by atoms with Crippen LogP contribution in [-0.2, 0) is 9.53 Å². The first-order valence-corrected chi connectivity index (χ1v) is 6.93. The van der Waals surface area contributed by atoms with Crippen molar-refractivity contribution in [2.24, 2.45) is 16.5 Å². The van der Waals surface area contributed by atoms with E-state index in [1.807, 2.05) is 0 Å². The molecule has 4 heterocycles. The Bertz CT molecular complexity index is 394. The Kier molecular flexibility index (Phi) is 3.22. The van der Waals surface area contributed by atoms with Crippen LogP contribution in [0.25, 0.3) is 0 Å². The van der Waals surface area contributed by atoms with Crippen LogP contribution >= 0.6 is 0 Å². The summed E-state index contributed by atoms with van der Waals surface area (Å²) in [6.45, 7) is 7.83. The molecule has 0 aromatic rings. The summed E-state index contributed by atoms with van der Waals surface area (Å²) >= 11 is 0. The summed E-state index contributed by atoms with van der Waals surface area (Å²) in [6, 6.07) is 0. The predicted octanol–water partition coefficient (Wildman–Crippen LogP) is 0.0172. The highest BCUT2D eigenvalue weighted by molar-refractivity contribution is 5.94. The molecule has 0 aliphatic carbocycles.